The first kappa shape index (κ1) is 15.7. The molecule has 0 saturated carbocycles. The van der Waals surface area contributed by atoms with Gasteiger partial charge in [-0.2, -0.15) is 0 Å². The minimum Gasteiger partial charge on any atom is -0.259 e. The van der Waals surface area contributed by atoms with Gasteiger partial charge in [0.25, 0.3) is 0 Å². The van der Waals surface area contributed by atoms with Crippen LogP contribution in [0.15, 0.2) is 29.2 Å². The number of hydrogen-bond acceptors (Lipinski definition) is 5. The van der Waals surface area contributed by atoms with Gasteiger partial charge >= 0.3 is 5.69 Å². The fraction of sp³-hybridized carbons (Fsp3) is 0.368. The van der Waals surface area contributed by atoms with Crippen LogP contribution in [0.3, 0.4) is 0 Å². The lowest BCUT2D eigenvalue weighted by atomic mass is 9.89. The second-order valence-electron chi connectivity index (χ2n) is 7.11. The van der Waals surface area contributed by atoms with Crippen molar-refractivity contribution in [1.82, 2.24) is 24.1 Å². The highest BCUT2D eigenvalue weighted by molar-refractivity contribution is 7.19. The third-order valence-electron chi connectivity index (χ3n) is 5.18. The summed E-state index contributed by atoms with van der Waals surface area (Å²) in [7, 11) is 0. The lowest BCUT2D eigenvalue weighted by Crippen LogP contribution is -2.23. The van der Waals surface area contributed by atoms with E-state index < -0.39 is 0 Å². The van der Waals surface area contributed by atoms with E-state index in [1.807, 2.05) is 25.1 Å². The molecule has 4 aromatic rings. The Hall–Kier alpha value is -2.54. The maximum Gasteiger partial charge on any atom is 0.352 e. The van der Waals surface area contributed by atoms with Crippen LogP contribution < -0.4 is 5.69 Å². The summed E-state index contributed by atoms with van der Waals surface area (Å²) >= 11 is 1.76. The van der Waals surface area contributed by atoms with Crippen molar-refractivity contribution in [3.8, 4) is 0 Å². The highest BCUT2D eigenvalue weighted by Gasteiger charge is 2.25. The number of pyridine rings is 1. The molecule has 0 aliphatic heterocycles. The molecular weight excluding hydrogens is 346 g/mol. The summed E-state index contributed by atoms with van der Waals surface area (Å²) in [5.74, 6) is 1.40. The second kappa shape index (κ2) is 5.74. The molecule has 0 N–H and O–H groups in total. The average Bonchev–Trinajstić information content (AvgIpc) is 3.13. The van der Waals surface area contributed by atoms with Gasteiger partial charge in [-0.25, -0.2) is 18.9 Å². The van der Waals surface area contributed by atoms with Crippen molar-refractivity contribution in [2.45, 2.75) is 39.7 Å². The molecular formula is C19H19N5OS. The van der Waals surface area contributed by atoms with Gasteiger partial charge in [0.05, 0.1) is 17.6 Å². The van der Waals surface area contributed by atoms with E-state index in [9.17, 15) is 4.79 Å². The van der Waals surface area contributed by atoms with Gasteiger partial charge in [-0.05, 0) is 49.8 Å². The lowest BCUT2D eigenvalue weighted by molar-refractivity contribution is 0.509. The lowest BCUT2D eigenvalue weighted by Gasteiger charge is -2.17. The number of rotatable bonds is 2. The van der Waals surface area contributed by atoms with Gasteiger partial charge in [-0.1, -0.05) is 13.0 Å². The Bertz CT molecular complexity index is 1190. The third kappa shape index (κ3) is 2.30. The third-order valence-corrected chi connectivity index (χ3v) is 6.33. The maximum atomic E-state index is 12.9. The molecule has 1 aliphatic rings. The van der Waals surface area contributed by atoms with Crippen molar-refractivity contribution >= 4 is 27.2 Å². The molecule has 6 nitrogen and oxygen atoms in total. The van der Waals surface area contributed by atoms with E-state index >= 15 is 0 Å². The maximum absolute atomic E-state index is 12.9. The monoisotopic (exact) mass is 365 g/mol. The zero-order valence-electron chi connectivity index (χ0n) is 14.8. The van der Waals surface area contributed by atoms with Crippen molar-refractivity contribution in [2.24, 2.45) is 5.92 Å². The summed E-state index contributed by atoms with van der Waals surface area (Å²) in [6.45, 7) is 4.54. The SMILES string of the molecule is Cc1nc2sc3c(c2c2nn(Cc4ccccn4)c(=O)n12)CC[C@H](C)C3. The highest BCUT2D eigenvalue weighted by Crippen LogP contribution is 2.38. The Balaban J connectivity index is 1.76. The summed E-state index contributed by atoms with van der Waals surface area (Å²) < 4.78 is 3.15. The molecule has 26 heavy (non-hydrogen) atoms. The van der Waals surface area contributed by atoms with E-state index in [4.69, 9.17) is 4.98 Å². The smallest absolute Gasteiger partial charge is 0.259 e. The van der Waals surface area contributed by atoms with Gasteiger partial charge in [0.2, 0.25) is 0 Å². The van der Waals surface area contributed by atoms with Crippen LogP contribution in [0, 0.1) is 12.8 Å². The Morgan fingerprint density at radius 3 is 3.04 bits per heavy atom. The van der Waals surface area contributed by atoms with E-state index in [0.717, 1.165) is 34.4 Å². The zero-order valence-corrected chi connectivity index (χ0v) is 15.6. The molecule has 0 radical (unpaired) electrons. The van der Waals surface area contributed by atoms with E-state index in [2.05, 4.69) is 17.0 Å². The van der Waals surface area contributed by atoms with Crippen LogP contribution >= 0.6 is 11.3 Å². The molecule has 0 fully saturated rings. The summed E-state index contributed by atoms with van der Waals surface area (Å²) in [6, 6.07) is 5.70. The van der Waals surface area contributed by atoms with E-state index in [-0.39, 0.29) is 5.69 Å². The summed E-state index contributed by atoms with van der Waals surface area (Å²) in [6.07, 6.45) is 5.05. The molecule has 0 saturated heterocycles. The topological polar surface area (TPSA) is 65.1 Å². The van der Waals surface area contributed by atoms with Crippen molar-refractivity contribution in [2.75, 3.05) is 0 Å². The molecule has 0 aromatic carbocycles. The van der Waals surface area contributed by atoms with Gasteiger partial charge in [0.1, 0.15) is 10.7 Å². The fourth-order valence-corrected chi connectivity index (χ4v) is 5.27. The number of nitrogens with zero attached hydrogens (tertiary/aromatic N) is 5. The van der Waals surface area contributed by atoms with Crippen molar-refractivity contribution < 1.29 is 0 Å². The molecule has 0 unspecified atom stereocenters. The molecule has 0 amide bonds. The van der Waals surface area contributed by atoms with Crippen molar-refractivity contribution in [3.63, 3.8) is 0 Å². The molecule has 4 aromatic heterocycles. The molecule has 132 valence electrons. The largest absolute Gasteiger partial charge is 0.352 e. The second-order valence-corrected chi connectivity index (χ2v) is 8.19. The molecule has 1 atom stereocenters. The van der Waals surface area contributed by atoms with Crippen LogP contribution in [-0.2, 0) is 19.4 Å². The minimum absolute atomic E-state index is 0.151. The van der Waals surface area contributed by atoms with Gasteiger partial charge < -0.3 is 0 Å². The molecule has 4 heterocycles. The fourth-order valence-electron chi connectivity index (χ4n) is 3.85. The Morgan fingerprint density at radius 2 is 2.23 bits per heavy atom. The van der Waals surface area contributed by atoms with Crippen LogP contribution in [-0.4, -0.2) is 24.1 Å². The van der Waals surface area contributed by atoms with Crippen LogP contribution in [0.1, 0.15) is 35.3 Å². The quantitative estimate of drug-likeness (QED) is 0.548. The normalized spacial score (nSPS) is 17.1. The van der Waals surface area contributed by atoms with Crippen molar-refractivity contribution in [3.05, 3.63) is 56.8 Å². The van der Waals surface area contributed by atoms with Gasteiger partial charge in [-0.15, -0.1) is 16.4 Å². The number of thiophene rings is 1. The number of aryl methyl sites for hydroxylation is 2. The molecule has 5 rings (SSSR count). The first-order valence-corrected chi connectivity index (χ1v) is 9.74. The Kier molecular flexibility index (Phi) is 3.46. The highest BCUT2D eigenvalue weighted by atomic mass is 32.1. The summed E-state index contributed by atoms with van der Waals surface area (Å²) in [5, 5.41) is 5.76. The van der Waals surface area contributed by atoms with E-state index in [0.29, 0.717) is 18.3 Å². The standard InChI is InChI=1S/C19H19N5OS/c1-11-6-7-14-15(9-11)26-18-16(14)17-22-23(10-13-5-3-4-8-20-13)19(25)24(17)12(2)21-18/h3-5,8,11H,6-7,9-10H2,1-2H3/t11-/m0/s1. The van der Waals surface area contributed by atoms with Gasteiger partial charge in [0.15, 0.2) is 5.65 Å². The van der Waals surface area contributed by atoms with Crippen LogP contribution in [0.25, 0.3) is 15.9 Å². The minimum atomic E-state index is -0.151. The van der Waals surface area contributed by atoms with Crippen LogP contribution in [0.2, 0.25) is 0 Å². The predicted octanol–water partition coefficient (Wildman–Crippen LogP) is 2.98. The summed E-state index contributed by atoms with van der Waals surface area (Å²) in [4.78, 5) is 24.4. The van der Waals surface area contributed by atoms with Crippen LogP contribution in [0.4, 0.5) is 0 Å². The molecule has 1 aliphatic carbocycles. The van der Waals surface area contributed by atoms with Crippen LogP contribution in [0.5, 0.6) is 0 Å². The average molecular weight is 365 g/mol. The van der Waals surface area contributed by atoms with E-state index in [1.54, 1.807) is 21.9 Å². The number of aromatic nitrogens is 5. The molecule has 7 heteroatoms. The van der Waals surface area contributed by atoms with Gasteiger partial charge in [0, 0.05) is 11.1 Å². The zero-order chi connectivity index (χ0) is 17.8. The Morgan fingerprint density at radius 1 is 1.35 bits per heavy atom. The first-order chi connectivity index (χ1) is 12.6. The van der Waals surface area contributed by atoms with Crippen molar-refractivity contribution in [1.29, 1.82) is 0 Å². The first-order valence-electron chi connectivity index (χ1n) is 8.92. The molecule has 0 spiro atoms. The Labute approximate surface area is 154 Å². The number of fused-ring (bicyclic) bond motifs is 5. The predicted molar refractivity (Wildman–Crippen MR) is 102 cm³/mol. The number of hydrogen-bond donors (Lipinski definition) is 0. The van der Waals surface area contributed by atoms with Gasteiger partial charge in [-0.3, -0.25) is 4.98 Å². The van der Waals surface area contributed by atoms with E-state index in [1.165, 1.54) is 21.5 Å². The summed E-state index contributed by atoms with van der Waals surface area (Å²) in [5.41, 5.74) is 2.75. The molecule has 0 bridgehead atoms.